The monoisotopic (exact) mass is 322 g/mol. The molecule has 0 unspecified atom stereocenters. The molecule has 0 fully saturated rings. The third-order valence-electron chi connectivity index (χ3n) is 3.73. The molecule has 5 nitrogen and oxygen atoms in total. The van der Waals surface area contributed by atoms with Gasteiger partial charge < -0.3 is 15.0 Å². The van der Waals surface area contributed by atoms with E-state index in [1.54, 1.807) is 19.4 Å². The quantitative estimate of drug-likeness (QED) is 0.783. The summed E-state index contributed by atoms with van der Waals surface area (Å²) in [5.74, 6) is 0.765. The maximum absolute atomic E-state index is 9.62. The molecule has 124 valence electrons. The van der Waals surface area contributed by atoms with Crippen molar-refractivity contribution in [3.05, 3.63) is 42.1 Å². The molecule has 0 aliphatic rings. The normalized spacial score (nSPS) is 9.96. The summed E-state index contributed by atoms with van der Waals surface area (Å²) in [6.45, 7) is 6.77. The molecule has 0 saturated carbocycles. The molecule has 0 saturated heterocycles. The lowest BCUT2D eigenvalue weighted by molar-refractivity contribution is 0.415. The summed E-state index contributed by atoms with van der Waals surface area (Å²) >= 11 is 0. The second-order valence-electron chi connectivity index (χ2n) is 4.94. The van der Waals surface area contributed by atoms with Gasteiger partial charge in [0.05, 0.1) is 41.5 Å². The largest absolute Gasteiger partial charge is 0.497 e. The minimum absolute atomic E-state index is 0.600. The van der Waals surface area contributed by atoms with Crippen LogP contribution in [0.4, 0.5) is 5.69 Å². The highest BCUT2D eigenvalue weighted by Gasteiger charge is 2.19. The molecule has 0 aliphatic heterocycles. The average Bonchev–Trinajstić information content (AvgIpc) is 2.96. The molecular weight excluding hydrogens is 300 g/mol. The minimum atomic E-state index is 0.600. The Labute approximate surface area is 142 Å². The van der Waals surface area contributed by atoms with Crippen molar-refractivity contribution in [2.45, 2.75) is 27.3 Å². The van der Waals surface area contributed by atoms with E-state index in [2.05, 4.69) is 15.6 Å². The second-order valence-corrected chi connectivity index (χ2v) is 4.94. The van der Waals surface area contributed by atoms with Crippen LogP contribution >= 0.6 is 0 Å². The Morgan fingerprint density at radius 3 is 2.54 bits per heavy atom. The fourth-order valence-electron chi connectivity index (χ4n) is 2.71. The van der Waals surface area contributed by atoms with Gasteiger partial charge >= 0.3 is 0 Å². The van der Waals surface area contributed by atoms with E-state index < -0.39 is 0 Å². The number of aromatic nitrogens is 2. The van der Waals surface area contributed by atoms with Gasteiger partial charge in [-0.3, -0.25) is 4.98 Å². The van der Waals surface area contributed by atoms with Crippen LogP contribution < -0.4 is 10.5 Å². The average molecular weight is 322 g/mol. The first kappa shape index (κ1) is 17.4. The highest BCUT2D eigenvalue weighted by Crippen LogP contribution is 2.34. The number of ether oxygens (including phenoxy) is 1. The van der Waals surface area contributed by atoms with Crippen molar-refractivity contribution >= 4 is 16.6 Å². The van der Waals surface area contributed by atoms with Crippen LogP contribution in [0, 0.1) is 11.3 Å². The molecule has 0 radical (unpaired) electrons. The van der Waals surface area contributed by atoms with Gasteiger partial charge in [-0.2, -0.15) is 5.26 Å². The molecule has 0 spiro atoms. The SMILES string of the molecule is CC.CCn1c(-c2ccc(N)cn2)c(C#N)c2ccc(OC)cc21. The fourth-order valence-corrected chi connectivity index (χ4v) is 2.71. The number of aryl methyl sites for hydroxylation is 1. The summed E-state index contributed by atoms with van der Waals surface area (Å²) in [5.41, 5.74) is 9.45. The number of nitrogens with zero attached hydrogens (tertiary/aromatic N) is 3. The van der Waals surface area contributed by atoms with Crippen molar-refractivity contribution in [3.63, 3.8) is 0 Å². The first-order valence-corrected chi connectivity index (χ1v) is 8.01. The zero-order chi connectivity index (χ0) is 17.7. The van der Waals surface area contributed by atoms with Gasteiger partial charge in [0.1, 0.15) is 11.8 Å². The Morgan fingerprint density at radius 2 is 2.00 bits per heavy atom. The molecule has 0 amide bonds. The van der Waals surface area contributed by atoms with Crippen LogP contribution in [0.2, 0.25) is 0 Å². The first-order chi connectivity index (χ1) is 11.7. The maximum Gasteiger partial charge on any atom is 0.120 e. The van der Waals surface area contributed by atoms with Crippen molar-refractivity contribution < 1.29 is 4.74 Å². The lowest BCUT2D eigenvalue weighted by atomic mass is 10.1. The lowest BCUT2D eigenvalue weighted by Gasteiger charge is -2.08. The predicted molar refractivity (Wildman–Crippen MR) is 97.9 cm³/mol. The van der Waals surface area contributed by atoms with Crippen molar-refractivity contribution in [1.82, 2.24) is 9.55 Å². The van der Waals surface area contributed by atoms with E-state index in [0.717, 1.165) is 34.6 Å². The van der Waals surface area contributed by atoms with Crippen molar-refractivity contribution in [1.29, 1.82) is 5.26 Å². The second kappa shape index (κ2) is 7.51. The van der Waals surface area contributed by atoms with Gasteiger partial charge in [0.25, 0.3) is 0 Å². The number of methoxy groups -OCH3 is 1. The van der Waals surface area contributed by atoms with Gasteiger partial charge in [0, 0.05) is 18.0 Å². The van der Waals surface area contributed by atoms with E-state index in [4.69, 9.17) is 10.5 Å². The van der Waals surface area contributed by atoms with Crippen LogP contribution in [0.15, 0.2) is 36.5 Å². The van der Waals surface area contributed by atoms with E-state index in [-0.39, 0.29) is 0 Å². The predicted octanol–water partition coefficient (Wildman–Crippen LogP) is 4.21. The molecule has 24 heavy (non-hydrogen) atoms. The van der Waals surface area contributed by atoms with Crippen LogP contribution in [0.1, 0.15) is 26.3 Å². The smallest absolute Gasteiger partial charge is 0.120 e. The number of nitrogens with two attached hydrogens (primary N) is 1. The third-order valence-corrected chi connectivity index (χ3v) is 3.73. The van der Waals surface area contributed by atoms with Crippen molar-refractivity contribution in [2.24, 2.45) is 0 Å². The van der Waals surface area contributed by atoms with E-state index >= 15 is 0 Å². The Bertz CT molecular complexity index is 873. The van der Waals surface area contributed by atoms with Crippen LogP contribution in [-0.4, -0.2) is 16.7 Å². The molecular formula is C19H22N4O. The molecule has 0 atom stereocenters. The van der Waals surface area contributed by atoms with Crippen LogP contribution in [0.3, 0.4) is 0 Å². The van der Waals surface area contributed by atoms with E-state index in [1.165, 1.54) is 0 Å². The molecule has 0 bridgehead atoms. The Balaban J connectivity index is 0.00000100. The number of hydrogen-bond acceptors (Lipinski definition) is 4. The topological polar surface area (TPSA) is 76.9 Å². The number of hydrogen-bond donors (Lipinski definition) is 1. The van der Waals surface area contributed by atoms with Crippen LogP contribution in [0.5, 0.6) is 5.75 Å². The highest BCUT2D eigenvalue weighted by atomic mass is 16.5. The Morgan fingerprint density at radius 1 is 1.25 bits per heavy atom. The zero-order valence-electron chi connectivity index (χ0n) is 14.5. The molecule has 3 aromatic rings. The number of nitrogen functional groups attached to an aromatic ring is 1. The molecule has 2 aromatic heterocycles. The Hall–Kier alpha value is -3.00. The van der Waals surface area contributed by atoms with Crippen molar-refractivity contribution in [2.75, 3.05) is 12.8 Å². The molecule has 1 aromatic carbocycles. The lowest BCUT2D eigenvalue weighted by Crippen LogP contribution is -1.99. The van der Waals surface area contributed by atoms with E-state index in [0.29, 0.717) is 11.3 Å². The van der Waals surface area contributed by atoms with Gasteiger partial charge in [-0.1, -0.05) is 13.8 Å². The Kier molecular flexibility index (Phi) is 5.43. The molecule has 2 heterocycles. The number of fused-ring (bicyclic) bond motifs is 1. The first-order valence-electron chi connectivity index (χ1n) is 8.01. The summed E-state index contributed by atoms with van der Waals surface area (Å²) in [4.78, 5) is 4.38. The number of benzene rings is 1. The van der Waals surface area contributed by atoms with E-state index in [9.17, 15) is 5.26 Å². The molecule has 5 heteroatoms. The summed E-state index contributed by atoms with van der Waals surface area (Å²) in [7, 11) is 1.63. The van der Waals surface area contributed by atoms with Crippen LogP contribution in [0.25, 0.3) is 22.3 Å². The third kappa shape index (κ3) is 2.91. The highest BCUT2D eigenvalue weighted by molar-refractivity contribution is 5.94. The summed E-state index contributed by atoms with van der Waals surface area (Å²) in [5, 5.41) is 10.5. The molecule has 3 rings (SSSR count). The molecule has 2 N–H and O–H groups in total. The van der Waals surface area contributed by atoms with Gasteiger partial charge in [-0.25, -0.2) is 0 Å². The summed E-state index contributed by atoms with van der Waals surface area (Å²) in [6, 6.07) is 11.7. The van der Waals surface area contributed by atoms with Gasteiger partial charge in [-0.15, -0.1) is 0 Å². The molecule has 0 aliphatic carbocycles. The number of pyridine rings is 1. The fraction of sp³-hybridized carbons (Fsp3) is 0.263. The standard InChI is InChI=1S/C17H16N4O.C2H6/c1-3-21-16-8-12(22-2)5-6-13(16)14(9-18)17(21)15-7-4-11(19)10-20-15;1-2/h4-8,10H,3,19H2,1-2H3;1-2H3. The van der Waals surface area contributed by atoms with Gasteiger partial charge in [0.15, 0.2) is 0 Å². The minimum Gasteiger partial charge on any atom is -0.497 e. The number of nitriles is 1. The van der Waals surface area contributed by atoms with Gasteiger partial charge in [-0.05, 0) is 31.2 Å². The zero-order valence-corrected chi connectivity index (χ0v) is 14.5. The summed E-state index contributed by atoms with van der Waals surface area (Å²) in [6.07, 6.45) is 1.61. The van der Waals surface area contributed by atoms with Gasteiger partial charge in [0.2, 0.25) is 0 Å². The number of anilines is 1. The number of rotatable bonds is 3. The van der Waals surface area contributed by atoms with Crippen LogP contribution in [-0.2, 0) is 6.54 Å². The summed E-state index contributed by atoms with van der Waals surface area (Å²) < 4.78 is 7.38. The maximum atomic E-state index is 9.62. The van der Waals surface area contributed by atoms with E-state index in [1.807, 2.05) is 45.0 Å². The van der Waals surface area contributed by atoms with Crippen molar-refractivity contribution in [3.8, 4) is 23.2 Å².